The van der Waals surface area contributed by atoms with E-state index in [9.17, 15) is 0 Å². The van der Waals surface area contributed by atoms with Gasteiger partial charge in [0.2, 0.25) is 0 Å². The monoisotopic (exact) mass is 578 g/mol. The number of benzene rings is 7. The van der Waals surface area contributed by atoms with Crippen molar-refractivity contribution in [3.63, 3.8) is 0 Å². The molecular weight excluding hydrogens is 544 g/mol. The highest BCUT2D eigenvalue weighted by Crippen LogP contribution is 2.51. The second-order valence-corrected chi connectivity index (χ2v) is 12.4. The van der Waals surface area contributed by atoms with Crippen LogP contribution >= 0.6 is 0 Å². The van der Waals surface area contributed by atoms with Gasteiger partial charge >= 0.3 is 0 Å². The van der Waals surface area contributed by atoms with E-state index in [2.05, 4.69) is 188 Å². The van der Waals surface area contributed by atoms with Crippen molar-refractivity contribution in [2.24, 2.45) is 0 Å². The average Bonchev–Trinajstić information content (AvgIpc) is 3.31. The molecule has 2 heteroatoms. The van der Waals surface area contributed by atoms with Crippen LogP contribution in [0.4, 0.5) is 28.4 Å². The minimum absolute atomic E-state index is 0.156. The predicted octanol–water partition coefficient (Wildman–Crippen LogP) is 12.0. The Morgan fingerprint density at radius 1 is 0.467 bits per heavy atom. The van der Waals surface area contributed by atoms with Crippen LogP contribution < -0.4 is 10.2 Å². The van der Waals surface area contributed by atoms with E-state index in [4.69, 9.17) is 0 Å². The van der Waals surface area contributed by atoms with E-state index >= 15 is 0 Å². The minimum atomic E-state index is -0.156. The minimum Gasteiger partial charge on any atom is -0.356 e. The normalized spacial score (nSPS) is 12.8. The first-order chi connectivity index (χ1) is 22.1. The predicted molar refractivity (Wildman–Crippen MR) is 191 cm³/mol. The molecule has 216 valence electrons. The molecular formula is C43H34N2. The third-order valence-corrected chi connectivity index (χ3v) is 9.22. The lowest BCUT2D eigenvalue weighted by Crippen LogP contribution is -2.17. The molecule has 0 aliphatic heterocycles. The highest BCUT2D eigenvalue weighted by molar-refractivity contribution is 5.99. The summed E-state index contributed by atoms with van der Waals surface area (Å²) in [6, 6.07) is 58.9. The third kappa shape index (κ3) is 4.76. The van der Waals surface area contributed by atoms with Crippen LogP contribution in [0, 0.1) is 0 Å². The van der Waals surface area contributed by atoms with Gasteiger partial charge in [-0.2, -0.15) is 0 Å². The van der Waals surface area contributed by atoms with Gasteiger partial charge in [0.25, 0.3) is 0 Å². The van der Waals surface area contributed by atoms with E-state index in [0.717, 1.165) is 22.7 Å². The van der Waals surface area contributed by atoms with E-state index in [1.54, 1.807) is 0 Å². The molecule has 0 heterocycles. The Balaban J connectivity index is 1.15. The standard InChI is InChI=1S/C43H34N2/c1-43(2)40-28-34(44-33-22-20-31(21-23-33)30-12-5-3-6-13-30)24-26-38(40)39-27-25-36(29-41(39)43)45(35-16-7-4-8-17-35)42-19-11-15-32-14-9-10-18-37(32)42/h3-29,44H,1-2H3. The van der Waals surface area contributed by atoms with Crippen molar-refractivity contribution < 1.29 is 0 Å². The SMILES string of the molecule is CC1(C)c2cc(Nc3ccc(-c4ccccc4)cc3)ccc2-c2ccc(N(c3ccccc3)c3cccc4ccccc34)cc21. The lowest BCUT2D eigenvalue weighted by molar-refractivity contribution is 0.660. The number of anilines is 5. The Morgan fingerprint density at radius 2 is 1.07 bits per heavy atom. The Kier molecular flexibility index (Phi) is 6.50. The summed E-state index contributed by atoms with van der Waals surface area (Å²) >= 11 is 0. The van der Waals surface area contributed by atoms with Gasteiger partial charge in [0.15, 0.2) is 0 Å². The quantitative estimate of drug-likeness (QED) is 0.211. The van der Waals surface area contributed by atoms with Crippen LogP contribution in [-0.4, -0.2) is 0 Å². The van der Waals surface area contributed by atoms with Crippen LogP contribution in [0.5, 0.6) is 0 Å². The van der Waals surface area contributed by atoms with Crippen LogP contribution in [0.1, 0.15) is 25.0 Å². The summed E-state index contributed by atoms with van der Waals surface area (Å²) in [5, 5.41) is 6.13. The van der Waals surface area contributed by atoms with Gasteiger partial charge in [0.1, 0.15) is 0 Å². The summed E-state index contributed by atoms with van der Waals surface area (Å²) in [7, 11) is 0. The summed E-state index contributed by atoms with van der Waals surface area (Å²) in [5.74, 6) is 0. The number of rotatable bonds is 6. The van der Waals surface area contributed by atoms with E-state index in [-0.39, 0.29) is 5.41 Å². The maximum atomic E-state index is 3.66. The van der Waals surface area contributed by atoms with E-state index in [1.807, 2.05) is 0 Å². The first-order valence-corrected chi connectivity index (χ1v) is 15.6. The molecule has 1 aliphatic rings. The highest BCUT2D eigenvalue weighted by Gasteiger charge is 2.36. The van der Waals surface area contributed by atoms with Crippen LogP contribution in [-0.2, 0) is 5.41 Å². The van der Waals surface area contributed by atoms with Crippen molar-refractivity contribution in [1.29, 1.82) is 0 Å². The van der Waals surface area contributed by atoms with Gasteiger partial charge in [0.05, 0.1) is 5.69 Å². The molecule has 0 radical (unpaired) electrons. The van der Waals surface area contributed by atoms with E-state index in [0.29, 0.717) is 0 Å². The lowest BCUT2D eigenvalue weighted by atomic mass is 9.82. The number of hydrogen-bond acceptors (Lipinski definition) is 2. The van der Waals surface area contributed by atoms with Crippen LogP contribution in [0.2, 0.25) is 0 Å². The maximum absolute atomic E-state index is 3.66. The highest BCUT2D eigenvalue weighted by atomic mass is 15.1. The van der Waals surface area contributed by atoms with Gasteiger partial charge in [-0.15, -0.1) is 0 Å². The first kappa shape index (κ1) is 27.0. The average molecular weight is 579 g/mol. The maximum Gasteiger partial charge on any atom is 0.0540 e. The largest absolute Gasteiger partial charge is 0.356 e. The number of hydrogen-bond donors (Lipinski definition) is 1. The lowest BCUT2D eigenvalue weighted by Gasteiger charge is -2.29. The number of nitrogens with zero attached hydrogens (tertiary/aromatic N) is 1. The van der Waals surface area contributed by atoms with Gasteiger partial charge in [-0.1, -0.05) is 123 Å². The van der Waals surface area contributed by atoms with Gasteiger partial charge in [-0.25, -0.2) is 0 Å². The van der Waals surface area contributed by atoms with E-state index in [1.165, 1.54) is 49.8 Å². The Hall–Kier alpha value is -5.60. The molecule has 0 spiro atoms. The number of fused-ring (bicyclic) bond motifs is 4. The van der Waals surface area contributed by atoms with Gasteiger partial charge < -0.3 is 10.2 Å². The molecule has 0 fully saturated rings. The van der Waals surface area contributed by atoms with Gasteiger partial charge in [0, 0.05) is 33.6 Å². The summed E-state index contributed by atoms with van der Waals surface area (Å²) in [6.07, 6.45) is 0. The Labute approximate surface area is 265 Å². The molecule has 8 rings (SSSR count). The van der Waals surface area contributed by atoms with Crippen molar-refractivity contribution in [2.75, 3.05) is 10.2 Å². The Morgan fingerprint density at radius 3 is 1.84 bits per heavy atom. The molecule has 2 nitrogen and oxygen atoms in total. The molecule has 0 amide bonds. The van der Waals surface area contributed by atoms with Crippen LogP contribution in [0.15, 0.2) is 164 Å². The van der Waals surface area contributed by atoms with Crippen LogP contribution in [0.3, 0.4) is 0 Å². The van der Waals surface area contributed by atoms with Gasteiger partial charge in [-0.05, 0) is 93.4 Å². The number of para-hydroxylation sites is 1. The molecule has 0 atom stereocenters. The number of nitrogens with one attached hydrogen (secondary N) is 1. The third-order valence-electron chi connectivity index (χ3n) is 9.22. The summed E-state index contributed by atoms with van der Waals surface area (Å²) < 4.78 is 0. The van der Waals surface area contributed by atoms with Gasteiger partial charge in [-0.3, -0.25) is 0 Å². The summed E-state index contributed by atoms with van der Waals surface area (Å²) in [4.78, 5) is 2.40. The fourth-order valence-corrected chi connectivity index (χ4v) is 6.89. The molecule has 7 aromatic rings. The smallest absolute Gasteiger partial charge is 0.0540 e. The topological polar surface area (TPSA) is 15.3 Å². The second-order valence-electron chi connectivity index (χ2n) is 12.4. The van der Waals surface area contributed by atoms with Crippen molar-refractivity contribution >= 4 is 39.2 Å². The molecule has 0 aromatic heterocycles. The Bertz CT molecular complexity index is 2140. The summed E-state index contributed by atoms with van der Waals surface area (Å²) in [5.41, 5.74) is 13.3. The molecule has 7 aromatic carbocycles. The molecule has 1 aliphatic carbocycles. The zero-order valence-corrected chi connectivity index (χ0v) is 25.5. The van der Waals surface area contributed by atoms with Crippen molar-refractivity contribution in [1.82, 2.24) is 0 Å². The summed E-state index contributed by atoms with van der Waals surface area (Å²) in [6.45, 7) is 4.70. The van der Waals surface area contributed by atoms with Crippen LogP contribution in [0.25, 0.3) is 33.0 Å². The second kappa shape index (κ2) is 10.8. The van der Waals surface area contributed by atoms with E-state index < -0.39 is 0 Å². The fourth-order valence-electron chi connectivity index (χ4n) is 6.89. The van der Waals surface area contributed by atoms with Crippen molar-refractivity contribution in [3.05, 3.63) is 175 Å². The first-order valence-electron chi connectivity index (χ1n) is 15.6. The molecule has 45 heavy (non-hydrogen) atoms. The fraction of sp³-hybridized carbons (Fsp3) is 0.0698. The zero-order valence-electron chi connectivity index (χ0n) is 25.5. The molecule has 1 N–H and O–H groups in total. The van der Waals surface area contributed by atoms with Crippen molar-refractivity contribution in [2.45, 2.75) is 19.3 Å². The molecule has 0 saturated carbocycles. The van der Waals surface area contributed by atoms with Crippen molar-refractivity contribution in [3.8, 4) is 22.3 Å². The molecule has 0 bridgehead atoms. The zero-order chi connectivity index (χ0) is 30.4. The molecule has 0 unspecified atom stereocenters. The molecule has 0 saturated heterocycles.